The molecule has 1 rings (SSSR count). The highest BCUT2D eigenvalue weighted by atomic mass is 127. The Labute approximate surface area is 97.5 Å². The maximum Gasteiger partial charge on any atom is 0.416 e. The zero-order chi connectivity index (χ0) is 11.6. The van der Waals surface area contributed by atoms with Crippen LogP contribution in [0.2, 0.25) is 0 Å². The molecule has 0 amide bonds. The average molecular weight is 329 g/mol. The molecule has 3 nitrogen and oxygen atoms in total. The second-order valence-corrected chi connectivity index (χ2v) is 3.86. The lowest BCUT2D eigenvalue weighted by Crippen LogP contribution is -2.22. The van der Waals surface area contributed by atoms with E-state index in [2.05, 4.69) is 4.99 Å². The summed E-state index contributed by atoms with van der Waals surface area (Å²) in [5.74, 6) is -0.187. The fraction of sp³-hybridized carbons (Fsp3) is 0.125. The topological polar surface area (TPSA) is 64.4 Å². The molecule has 0 aliphatic heterocycles. The maximum atomic E-state index is 12.3. The summed E-state index contributed by atoms with van der Waals surface area (Å²) in [6, 6.07) is 3.15. The molecule has 0 saturated carbocycles. The standard InChI is InChI=1S/C8H7F3IN3/c9-8(10,11)4-1-2-6(5(12)3-4)15-7(13)14/h1-3H,(H4,13,14,15). The number of nitrogens with zero attached hydrogens (tertiary/aromatic N) is 1. The number of benzene rings is 1. The highest BCUT2D eigenvalue weighted by molar-refractivity contribution is 14.1. The third-order valence-corrected chi connectivity index (χ3v) is 2.39. The Morgan fingerprint density at radius 2 is 1.87 bits per heavy atom. The summed E-state index contributed by atoms with van der Waals surface area (Å²) >= 11 is 1.74. The summed E-state index contributed by atoms with van der Waals surface area (Å²) < 4.78 is 37.2. The quantitative estimate of drug-likeness (QED) is 0.471. The van der Waals surface area contributed by atoms with Crippen LogP contribution in [-0.4, -0.2) is 5.96 Å². The van der Waals surface area contributed by atoms with Crippen molar-refractivity contribution in [1.82, 2.24) is 0 Å². The molecule has 1 aromatic rings. The lowest BCUT2D eigenvalue weighted by atomic mass is 10.2. The van der Waals surface area contributed by atoms with Crippen molar-refractivity contribution in [2.75, 3.05) is 0 Å². The molecule has 82 valence electrons. The summed E-state index contributed by atoms with van der Waals surface area (Å²) in [5, 5.41) is 0. The van der Waals surface area contributed by atoms with Crippen LogP contribution in [0, 0.1) is 3.57 Å². The maximum absolute atomic E-state index is 12.3. The van der Waals surface area contributed by atoms with E-state index < -0.39 is 11.7 Å². The van der Waals surface area contributed by atoms with Gasteiger partial charge in [-0.1, -0.05) is 0 Å². The monoisotopic (exact) mass is 329 g/mol. The Bertz CT molecular complexity index is 397. The first kappa shape index (κ1) is 12.1. The highest BCUT2D eigenvalue weighted by Crippen LogP contribution is 2.33. The van der Waals surface area contributed by atoms with Gasteiger partial charge >= 0.3 is 6.18 Å². The summed E-state index contributed by atoms with van der Waals surface area (Å²) in [4.78, 5) is 3.68. The van der Waals surface area contributed by atoms with E-state index in [1.54, 1.807) is 22.6 Å². The van der Waals surface area contributed by atoms with Gasteiger partial charge in [-0.05, 0) is 40.8 Å². The van der Waals surface area contributed by atoms with Crippen molar-refractivity contribution in [3.05, 3.63) is 27.3 Å². The molecule has 7 heteroatoms. The summed E-state index contributed by atoms with van der Waals surface area (Å²) in [6.45, 7) is 0. The molecule has 0 fully saturated rings. The van der Waals surface area contributed by atoms with Crippen LogP contribution in [-0.2, 0) is 6.18 Å². The van der Waals surface area contributed by atoms with E-state index in [0.717, 1.165) is 12.1 Å². The molecule has 0 radical (unpaired) electrons. The first-order valence-corrected chi connectivity index (χ1v) is 4.85. The lowest BCUT2D eigenvalue weighted by Gasteiger charge is -2.07. The molecule has 0 aliphatic rings. The first-order chi connectivity index (χ1) is 6.80. The molecule has 4 N–H and O–H groups in total. The summed E-state index contributed by atoms with van der Waals surface area (Å²) in [5.41, 5.74) is 9.84. The first-order valence-electron chi connectivity index (χ1n) is 3.77. The molecule has 0 aliphatic carbocycles. The van der Waals surface area contributed by atoms with E-state index in [1.165, 1.54) is 6.07 Å². The Kier molecular flexibility index (Phi) is 3.42. The van der Waals surface area contributed by atoms with E-state index in [-0.39, 0.29) is 5.96 Å². The smallest absolute Gasteiger partial charge is 0.370 e. The van der Waals surface area contributed by atoms with Crippen LogP contribution in [0.5, 0.6) is 0 Å². The molecular weight excluding hydrogens is 322 g/mol. The van der Waals surface area contributed by atoms with E-state index in [9.17, 15) is 13.2 Å². The Morgan fingerprint density at radius 1 is 1.27 bits per heavy atom. The number of alkyl halides is 3. The van der Waals surface area contributed by atoms with Gasteiger partial charge in [0.15, 0.2) is 5.96 Å². The molecule has 0 bridgehead atoms. The van der Waals surface area contributed by atoms with Crippen LogP contribution in [0.1, 0.15) is 5.56 Å². The Balaban J connectivity index is 3.15. The molecule has 0 heterocycles. The van der Waals surface area contributed by atoms with Gasteiger partial charge in [-0.15, -0.1) is 0 Å². The predicted molar refractivity (Wildman–Crippen MR) is 59.6 cm³/mol. The molecule has 0 atom stereocenters. The van der Waals surface area contributed by atoms with Crippen LogP contribution in [0.15, 0.2) is 23.2 Å². The van der Waals surface area contributed by atoms with Gasteiger partial charge in [0.05, 0.1) is 11.3 Å². The molecule has 0 spiro atoms. The van der Waals surface area contributed by atoms with Gasteiger partial charge in [0, 0.05) is 3.57 Å². The van der Waals surface area contributed by atoms with Crippen molar-refractivity contribution in [2.24, 2.45) is 16.5 Å². The molecule has 0 saturated heterocycles. The molecular formula is C8H7F3IN3. The number of aliphatic imine (C=N–C) groups is 1. The van der Waals surface area contributed by atoms with Gasteiger partial charge in [0.1, 0.15) is 0 Å². The van der Waals surface area contributed by atoms with Crippen molar-refractivity contribution in [3.63, 3.8) is 0 Å². The van der Waals surface area contributed by atoms with Crippen LogP contribution >= 0.6 is 22.6 Å². The molecule has 0 unspecified atom stereocenters. The second kappa shape index (κ2) is 4.25. The van der Waals surface area contributed by atoms with Gasteiger partial charge in [0.2, 0.25) is 0 Å². The number of halogens is 4. The largest absolute Gasteiger partial charge is 0.416 e. The van der Waals surface area contributed by atoms with Gasteiger partial charge < -0.3 is 11.5 Å². The third kappa shape index (κ3) is 3.26. The fourth-order valence-electron chi connectivity index (χ4n) is 0.913. The molecule has 1 aromatic carbocycles. The minimum absolute atomic E-state index is 0.187. The minimum atomic E-state index is -4.35. The minimum Gasteiger partial charge on any atom is -0.370 e. The lowest BCUT2D eigenvalue weighted by molar-refractivity contribution is -0.137. The normalized spacial score (nSPS) is 11.2. The van der Waals surface area contributed by atoms with Crippen molar-refractivity contribution >= 4 is 34.2 Å². The SMILES string of the molecule is NC(N)=Nc1ccc(C(F)(F)F)cc1I. The third-order valence-electron chi connectivity index (χ3n) is 1.52. The average Bonchev–Trinajstić information content (AvgIpc) is 2.05. The van der Waals surface area contributed by atoms with Crippen molar-refractivity contribution in [2.45, 2.75) is 6.18 Å². The van der Waals surface area contributed by atoms with Gasteiger partial charge in [-0.2, -0.15) is 13.2 Å². The fourth-order valence-corrected chi connectivity index (χ4v) is 1.55. The van der Waals surface area contributed by atoms with E-state index in [4.69, 9.17) is 11.5 Å². The number of hydrogen-bond acceptors (Lipinski definition) is 1. The number of rotatable bonds is 1. The number of guanidine groups is 1. The van der Waals surface area contributed by atoms with E-state index in [0.29, 0.717) is 9.26 Å². The van der Waals surface area contributed by atoms with Gasteiger partial charge in [-0.3, -0.25) is 0 Å². The zero-order valence-electron chi connectivity index (χ0n) is 7.35. The molecule has 0 aromatic heterocycles. The van der Waals surface area contributed by atoms with Crippen LogP contribution < -0.4 is 11.5 Å². The number of hydrogen-bond donors (Lipinski definition) is 2. The summed E-state index contributed by atoms with van der Waals surface area (Å²) in [7, 11) is 0. The van der Waals surface area contributed by atoms with Crippen molar-refractivity contribution < 1.29 is 13.2 Å². The second-order valence-electron chi connectivity index (χ2n) is 2.70. The summed E-state index contributed by atoms with van der Waals surface area (Å²) in [6.07, 6.45) is -4.35. The van der Waals surface area contributed by atoms with E-state index in [1.807, 2.05) is 0 Å². The Hall–Kier alpha value is -0.990. The Morgan fingerprint density at radius 3 is 2.27 bits per heavy atom. The highest BCUT2D eigenvalue weighted by Gasteiger charge is 2.30. The van der Waals surface area contributed by atoms with Crippen molar-refractivity contribution in [3.8, 4) is 0 Å². The number of nitrogens with two attached hydrogens (primary N) is 2. The predicted octanol–water partition coefficient (Wildman–Crippen LogP) is 2.21. The van der Waals surface area contributed by atoms with Gasteiger partial charge in [0.25, 0.3) is 0 Å². The van der Waals surface area contributed by atoms with E-state index >= 15 is 0 Å². The van der Waals surface area contributed by atoms with Crippen molar-refractivity contribution in [1.29, 1.82) is 0 Å². The van der Waals surface area contributed by atoms with Gasteiger partial charge in [-0.25, -0.2) is 4.99 Å². The van der Waals surface area contributed by atoms with Crippen LogP contribution in [0.25, 0.3) is 0 Å². The van der Waals surface area contributed by atoms with Crippen LogP contribution in [0.3, 0.4) is 0 Å². The zero-order valence-corrected chi connectivity index (χ0v) is 9.50. The van der Waals surface area contributed by atoms with Crippen LogP contribution in [0.4, 0.5) is 18.9 Å². The molecule has 15 heavy (non-hydrogen) atoms.